The van der Waals surface area contributed by atoms with Crippen LogP contribution < -0.4 is 4.74 Å². The first-order valence-electron chi connectivity index (χ1n) is 9.37. The highest BCUT2D eigenvalue weighted by Crippen LogP contribution is 2.30. The molecule has 4 rings (SSSR count). The molecule has 0 atom stereocenters. The standard InChI is InChI=1S/C22H18Cl2N4OS2/c1-2-10-28-20(12-29-19-11-16(23)8-9-18(19)24)26-27-22(28)31-14-17-13-30-21(25-17)15-6-4-3-5-7-15/h2-9,11,13H,1,10,12,14H2. The van der Waals surface area contributed by atoms with Crippen LogP contribution in [0.15, 0.2) is 71.7 Å². The van der Waals surface area contributed by atoms with Crippen LogP contribution in [0.25, 0.3) is 10.6 Å². The molecule has 9 heteroatoms. The number of allylic oxidation sites excluding steroid dienone is 1. The Kier molecular flexibility index (Phi) is 7.29. The second-order valence-corrected chi connectivity index (χ2v) is 9.10. The summed E-state index contributed by atoms with van der Waals surface area (Å²) in [6, 6.07) is 15.3. The number of aromatic nitrogens is 4. The van der Waals surface area contributed by atoms with Crippen LogP contribution in [0.1, 0.15) is 11.5 Å². The van der Waals surface area contributed by atoms with E-state index in [1.165, 1.54) is 0 Å². The van der Waals surface area contributed by atoms with E-state index in [1.807, 2.05) is 22.8 Å². The minimum atomic E-state index is 0.219. The van der Waals surface area contributed by atoms with E-state index >= 15 is 0 Å². The fourth-order valence-corrected chi connectivity index (χ4v) is 4.92. The van der Waals surface area contributed by atoms with Crippen LogP contribution in [0.5, 0.6) is 5.75 Å². The van der Waals surface area contributed by atoms with Crippen molar-refractivity contribution in [3.63, 3.8) is 0 Å². The Labute approximate surface area is 198 Å². The fourth-order valence-electron chi connectivity index (χ4n) is 2.80. The third kappa shape index (κ3) is 5.49. The predicted octanol–water partition coefficient (Wildman–Crippen LogP) is 6.77. The zero-order valence-electron chi connectivity index (χ0n) is 16.4. The number of rotatable bonds is 9. The molecule has 0 N–H and O–H groups in total. The second kappa shape index (κ2) is 10.3. The van der Waals surface area contributed by atoms with E-state index in [1.54, 1.807) is 47.4 Å². The van der Waals surface area contributed by atoms with Gasteiger partial charge in [0.1, 0.15) is 17.4 Å². The summed E-state index contributed by atoms with van der Waals surface area (Å²) in [5, 5.41) is 13.5. The molecule has 158 valence electrons. The Morgan fingerprint density at radius 1 is 1.13 bits per heavy atom. The topological polar surface area (TPSA) is 52.8 Å². The summed E-state index contributed by atoms with van der Waals surface area (Å²) in [5.41, 5.74) is 2.13. The summed E-state index contributed by atoms with van der Waals surface area (Å²) in [5.74, 6) is 1.88. The van der Waals surface area contributed by atoms with E-state index in [0.717, 1.165) is 21.4 Å². The minimum absolute atomic E-state index is 0.219. The van der Waals surface area contributed by atoms with E-state index in [9.17, 15) is 0 Å². The third-order valence-electron chi connectivity index (χ3n) is 4.28. The molecule has 2 aromatic carbocycles. The number of nitrogens with zero attached hydrogens (tertiary/aromatic N) is 4. The van der Waals surface area contributed by atoms with Gasteiger partial charge in [-0.05, 0) is 12.1 Å². The van der Waals surface area contributed by atoms with Gasteiger partial charge in [-0.2, -0.15) is 0 Å². The molecule has 0 aliphatic carbocycles. The maximum absolute atomic E-state index is 6.18. The number of benzene rings is 2. The normalized spacial score (nSPS) is 10.9. The molecule has 0 saturated heterocycles. The highest BCUT2D eigenvalue weighted by atomic mass is 35.5. The Balaban J connectivity index is 1.44. The van der Waals surface area contributed by atoms with Crippen molar-refractivity contribution in [1.82, 2.24) is 19.7 Å². The summed E-state index contributed by atoms with van der Waals surface area (Å²) in [4.78, 5) is 4.74. The number of halogens is 2. The molecule has 2 heterocycles. The SMILES string of the molecule is C=CCn1c(COc2cc(Cl)ccc2Cl)nnc1SCc1csc(-c2ccccc2)n1. The average molecular weight is 489 g/mol. The molecule has 5 nitrogen and oxygen atoms in total. The maximum atomic E-state index is 6.18. The van der Waals surface area contributed by atoms with E-state index < -0.39 is 0 Å². The lowest BCUT2D eigenvalue weighted by molar-refractivity contribution is 0.289. The number of ether oxygens (including phenoxy) is 1. The Hall–Kier alpha value is -2.32. The number of hydrogen-bond donors (Lipinski definition) is 0. The van der Waals surface area contributed by atoms with Crippen molar-refractivity contribution in [3.05, 3.63) is 88.1 Å². The molecule has 0 fully saturated rings. The molecular weight excluding hydrogens is 471 g/mol. The van der Waals surface area contributed by atoms with E-state index in [-0.39, 0.29) is 6.61 Å². The molecule has 0 radical (unpaired) electrons. The van der Waals surface area contributed by atoms with Crippen molar-refractivity contribution in [3.8, 4) is 16.3 Å². The molecule has 0 unspecified atom stereocenters. The maximum Gasteiger partial charge on any atom is 0.191 e. The van der Waals surface area contributed by atoms with Crippen LogP contribution in [0.2, 0.25) is 10.0 Å². The van der Waals surface area contributed by atoms with Gasteiger partial charge >= 0.3 is 0 Å². The fraction of sp³-hybridized carbons (Fsp3) is 0.136. The van der Waals surface area contributed by atoms with Gasteiger partial charge in [-0.3, -0.25) is 4.57 Å². The van der Waals surface area contributed by atoms with Gasteiger partial charge in [0, 0.05) is 34.3 Å². The van der Waals surface area contributed by atoms with E-state index in [4.69, 9.17) is 32.9 Å². The molecule has 0 aliphatic rings. The van der Waals surface area contributed by atoms with Gasteiger partial charge in [-0.15, -0.1) is 28.1 Å². The highest BCUT2D eigenvalue weighted by Gasteiger charge is 2.14. The first kappa shape index (κ1) is 21.9. The lowest BCUT2D eigenvalue weighted by atomic mass is 10.2. The Bertz CT molecular complexity index is 1180. The molecule has 0 spiro atoms. The van der Waals surface area contributed by atoms with Gasteiger partial charge < -0.3 is 4.74 Å². The van der Waals surface area contributed by atoms with Crippen molar-refractivity contribution in [2.45, 2.75) is 24.1 Å². The molecule has 0 bridgehead atoms. The average Bonchev–Trinajstić information content (AvgIpc) is 3.41. The number of thioether (sulfide) groups is 1. The lowest BCUT2D eigenvalue weighted by Gasteiger charge is -2.10. The quantitative estimate of drug-likeness (QED) is 0.192. The Morgan fingerprint density at radius 3 is 2.77 bits per heavy atom. The largest absolute Gasteiger partial charge is 0.484 e. The summed E-state index contributed by atoms with van der Waals surface area (Å²) in [7, 11) is 0. The van der Waals surface area contributed by atoms with Crippen molar-refractivity contribution in [1.29, 1.82) is 0 Å². The first-order chi connectivity index (χ1) is 15.1. The van der Waals surface area contributed by atoms with Crippen molar-refractivity contribution >= 4 is 46.3 Å². The molecule has 31 heavy (non-hydrogen) atoms. The van der Waals surface area contributed by atoms with E-state index in [0.29, 0.717) is 33.9 Å². The second-order valence-electron chi connectivity index (χ2n) is 6.46. The van der Waals surface area contributed by atoms with Crippen LogP contribution in [0, 0.1) is 0 Å². The van der Waals surface area contributed by atoms with E-state index in [2.05, 4.69) is 34.3 Å². The first-order valence-corrected chi connectivity index (χ1v) is 12.0. The molecule has 4 aromatic rings. The monoisotopic (exact) mass is 488 g/mol. The van der Waals surface area contributed by atoms with Crippen LogP contribution in [-0.2, 0) is 18.9 Å². The van der Waals surface area contributed by atoms with Crippen LogP contribution in [0.4, 0.5) is 0 Å². The molecular formula is C22H18Cl2N4OS2. The zero-order valence-corrected chi connectivity index (χ0v) is 19.5. The smallest absolute Gasteiger partial charge is 0.191 e. The Morgan fingerprint density at radius 2 is 1.97 bits per heavy atom. The molecule has 2 aromatic heterocycles. The van der Waals surface area contributed by atoms with Gasteiger partial charge in [0.2, 0.25) is 0 Å². The molecule has 0 aliphatic heterocycles. The van der Waals surface area contributed by atoms with Crippen molar-refractivity contribution in [2.24, 2.45) is 0 Å². The van der Waals surface area contributed by atoms with Gasteiger partial charge in [-0.25, -0.2) is 4.98 Å². The van der Waals surface area contributed by atoms with Crippen molar-refractivity contribution in [2.75, 3.05) is 0 Å². The van der Waals surface area contributed by atoms with Gasteiger partial charge in [0.25, 0.3) is 0 Å². The summed E-state index contributed by atoms with van der Waals surface area (Å²) in [6.07, 6.45) is 1.81. The predicted molar refractivity (Wildman–Crippen MR) is 128 cm³/mol. The van der Waals surface area contributed by atoms with Crippen molar-refractivity contribution < 1.29 is 4.74 Å². The van der Waals surface area contributed by atoms with Gasteiger partial charge in [0.05, 0.1) is 10.7 Å². The third-order valence-corrected chi connectivity index (χ3v) is 6.76. The van der Waals surface area contributed by atoms with Gasteiger partial charge in [0.15, 0.2) is 11.0 Å². The summed E-state index contributed by atoms with van der Waals surface area (Å²) >= 11 is 15.4. The van der Waals surface area contributed by atoms with Crippen LogP contribution >= 0.6 is 46.3 Å². The number of hydrogen-bond acceptors (Lipinski definition) is 6. The van der Waals surface area contributed by atoms with Gasteiger partial charge in [-0.1, -0.05) is 71.4 Å². The molecule has 0 saturated carbocycles. The van der Waals surface area contributed by atoms with Crippen LogP contribution in [0.3, 0.4) is 0 Å². The zero-order chi connectivity index (χ0) is 21.6. The summed E-state index contributed by atoms with van der Waals surface area (Å²) in [6.45, 7) is 4.63. The molecule has 0 amide bonds. The van der Waals surface area contributed by atoms with Crippen LogP contribution in [-0.4, -0.2) is 19.7 Å². The summed E-state index contributed by atoms with van der Waals surface area (Å²) < 4.78 is 7.80. The minimum Gasteiger partial charge on any atom is -0.484 e. The lowest BCUT2D eigenvalue weighted by Crippen LogP contribution is -2.07. The highest BCUT2D eigenvalue weighted by molar-refractivity contribution is 7.98. The number of thiazole rings is 1.